The Morgan fingerprint density at radius 1 is 0.718 bits per heavy atom. The van der Waals surface area contributed by atoms with Crippen molar-refractivity contribution in [2.24, 2.45) is 0 Å². The zero-order valence-electron chi connectivity index (χ0n) is 25.8. The Bertz CT molecular complexity index is 643. The van der Waals surface area contributed by atoms with Gasteiger partial charge in [-0.3, -0.25) is 0 Å². The highest BCUT2D eigenvalue weighted by Gasteiger charge is 2.15. The van der Waals surface area contributed by atoms with Crippen LogP contribution in [0.4, 0.5) is 0 Å². The third-order valence-corrected chi connectivity index (χ3v) is 7.69. The summed E-state index contributed by atoms with van der Waals surface area (Å²) in [5.74, 6) is 0. The van der Waals surface area contributed by atoms with Crippen LogP contribution in [0.25, 0.3) is 0 Å². The van der Waals surface area contributed by atoms with E-state index in [0.29, 0.717) is 32.8 Å². The fraction of sp³-hybridized carbons (Fsp3) is 0.812. The number of unbranched alkanes of at least 4 members (excludes halogenated alkanes) is 13. The van der Waals surface area contributed by atoms with Crippen molar-refractivity contribution in [1.82, 2.24) is 0 Å². The number of rotatable bonds is 28. The van der Waals surface area contributed by atoms with Crippen LogP contribution < -0.4 is 0 Å². The van der Waals surface area contributed by atoms with Crippen LogP contribution in [-0.2, 0) is 25.1 Å². The van der Waals surface area contributed by atoms with E-state index in [4.69, 9.17) is 18.5 Å². The monoisotopic (exact) mass is 570 g/mol. The molecule has 1 N–H and O–H groups in total. The summed E-state index contributed by atoms with van der Waals surface area (Å²) in [7, 11) is 4.43. The average Bonchev–Trinajstić information content (AvgIpc) is 2.91. The second-order valence-electron chi connectivity index (χ2n) is 11.8. The Labute approximate surface area is 242 Å². The standard InChI is InChI=1S/C32H61NO5P/c1-5-6-7-8-9-10-11-12-13-14-15-16-17-21-26-35-30-32(36-29-31-22-19-18-20-23-31)24-27-37-39(34)38-28-25-33(2,3)4/h18-20,22-23,32,34H,5-17,21,24-30H2,1-4H3/q+1. The first-order chi connectivity index (χ1) is 18.9. The molecule has 0 radical (unpaired) electrons. The number of nitrogens with zero attached hydrogens (tertiary/aromatic N) is 1. The first kappa shape index (κ1) is 36.4. The largest absolute Gasteiger partial charge is 0.379 e. The van der Waals surface area contributed by atoms with E-state index in [9.17, 15) is 4.89 Å². The van der Waals surface area contributed by atoms with Gasteiger partial charge < -0.3 is 27.9 Å². The Balaban J connectivity index is 2.11. The summed E-state index contributed by atoms with van der Waals surface area (Å²) in [4.78, 5) is 10.0. The van der Waals surface area contributed by atoms with Crippen molar-refractivity contribution >= 4 is 8.60 Å². The van der Waals surface area contributed by atoms with E-state index in [1.54, 1.807) is 0 Å². The van der Waals surface area contributed by atoms with Crippen molar-refractivity contribution in [2.45, 2.75) is 116 Å². The number of hydrogen-bond donors (Lipinski definition) is 1. The van der Waals surface area contributed by atoms with Crippen molar-refractivity contribution in [1.29, 1.82) is 0 Å². The zero-order chi connectivity index (χ0) is 28.4. The quantitative estimate of drug-likeness (QED) is 0.0623. The molecule has 0 amide bonds. The maximum atomic E-state index is 10.0. The van der Waals surface area contributed by atoms with Gasteiger partial charge in [0, 0.05) is 6.61 Å². The second-order valence-corrected chi connectivity index (χ2v) is 12.8. The van der Waals surface area contributed by atoms with Crippen molar-refractivity contribution < 1.29 is 27.9 Å². The van der Waals surface area contributed by atoms with Gasteiger partial charge in [0.15, 0.2) is 0 Å². The second kappa shape index (κ2) is 25.1. The van der Waals surface area contributed by atoms with Gasteiger partial charge in [0.05, 0.1) is 47.1 Å². The van der Waals surface area contributed by atoms with Gasteiger partial charge in [-0.25, -0.2) is 0 Å². The van der Waals surface area contributed by atoms with Crippen molar-refractivity contribution in [3.63, 3.8) is 0 Å². The van der Waals surface area contributed by atoms with Crippen molar-refractivity contribution in [3.05, 3.63) is 35.9 Å². The fourth-order valence-corrected chi connectivity index (χ4v) is 4.88. The topological polar surface area (TPSA) is 57.2 Å². The normalized spacial score (nSPS) is 13.6. The summed E-state index contributed by atoms with van der Waals surface area (Å²) in [6, 6.07) is 10.2. The van der Waals surface area contributed by atoms with E-state index in [1.165, 1.54) is 83.5 Å². The van der Waals surface area contributed by atoms with Gasteiger partial charge in [0.25, 0.3) is 0 Å². The van der Waals surface area contributed by atoms with Crippen molar-refractivity contribution in [3.8, 4) is 0 Å². The molecule has 1 aromatic carbocycles. The molecule has 0 saturated heterocycles. The number of benzene rings is 1. The minimum absolute atomic E-state index is 0.0773. The lowest BCUT2D eigenvalue weighted by atomic mass is 10.0. The molecule has 1 aromatic rings. The van der Waals surface area contributed by atoms with Gasteiger partial charge >= 0.3 is 8.60 Å². The molecule has 7 heteroatoms. The summed E-state index contributed by atoms with van der Waals surface area (Å²) < 4.78 is 23.9. The molecule has 0 heterocycles. The van der Waals surface area contributed by atoms with Crippen LogP contribution in [0, 0.1) is 0 Å². The summed E-state index contributed by atoms with van der Waals surface area (Å²) in [5.41, 5.74) is 1.14. The number of ether oxygens (including phenoxy) is 2. The Morgan fingerprint density at radius 2 is 1.26 bits per heavy atom. The Hall–Kier alpha value is -0.590. The van der Waals surface area contributed by atoms with Gasteiger partial charge in [-0.15, -0.1) is 0 Å². The van der Waals surface area contributed by atoms with Gasteiger partial charge in [0.2, 0.25) is 0 Å². The van der Waals surface area contributed by atoms with Gasteiger partial charge in [0.1, 0.15) is 13.2 Å². The average molecular weight is 571 g/mol. The molecule has 1 rings (SSSR count). The third-order valence-electron chi connectivity index (χ3n) is 6.88. The summed E-state index contributed by atoms with van der Waals surface area (Å²) >= 11 is 0. The highest BCUT2D eigenvalue weighted by molar-refractivity contribution is 7.40. The van der Waals surface area contributed by atoms with Crippen LogP contribution in [0.2, 0.25) is 0 Å². The molecule has 228 valence electrons. The van der Waals surface area contributed by atoms with E-state index in [0.717, 1.165) is 29.6 Å². The van der Waals surface area contributed by atoms with Crippen LogP contribution in [0.1, 0.15) is 109 Å². The maximum absolute atomic E-state index is 10.0. The minimum atomic E-state index is -1.86. The highest BCUT2D eigenvalue weighted by atomic mass is 31.2. The molecular formula is C32H61NO5P+. The molecule has 39 heavy (non-hydrogen) atoms. The SMILES string of the molecule is CCCCCCCCCCCCCCCCOCC(CCOP(O)OCC[N+](C)(C)C)OCc1ccccc1. The molecule has 0 spiro atoms. The summed E-state index contributed by atoms with van der Waals surface area (Å²) in [6.07, 6.45) is 19.6. The van der Waals surface area contributed by atoms with E-state index in [1.807, 2.05) is 18.2 Å². The summed E-state index contributed by atoms with van der Waals surface area (Å²) in [5, 5.41) is 0. The lowest BCUT2D eigenvalue weighted by Gasteiger charge is -2.24. The van der Waals surface area contributed by atoms with E-state index in [2.05, 4.69) is 40.2 Å². The lowest BCUT2D eigenvalue weighted by molar-refractivity contribution is -0.870. The Kier molecular flexibility index (Phi) is 23.5. The molecule has 2 atom stereocenters. The number of likely N-dealkylation sites (N-methyl/N-ethyl adjacent to an activating group) is 1. The smallest absolute Gasteiger partial charge is 0.330 e. The predicted molar refractivity (Wildman–Crippen MR) is 165 cm³/mol. The van der Waals surface area contributed by atoms with Gasteiger partial charge in [-0.05, 0) is 18.4 Å². The van der Waals surface area contributed by atoms with Crippen LogP contribution in [0.5, 0.6) is 0 Å². The van der Waals surface area contributed by atoms with E-state index < -0.39 is 8.60 Å². The van der Waals surface area contributed by atoms with Crippen LogP contribution in [-0.4, -0.2) is 69.6 Å². The molecule has 0 saturated carbocycles. The van der Waals surface area contributed by atoms with Crippen molar-refractivity contribution in [2.75, 3.05) is 54.1 Å². The molecule has 0 aliphatic carbocycles. The van der Waals surface area contributed by atoms with Crippen LogP contribution in [0.15, 0.2) is 30.3 Å². The summed E-state index contributed by atoms with van der Waals surface area (Å²) in [6.45, 7) is 5.81. The molecule has 0 bridgehead atoms. The molecule has 2 unspecified atom stereocenters. The van der Waals surface area contributed by atoms with Crippen LogP contribution >= 0.6 is 8.60 Å². The predicted octanol–water partition coefficient (Wildman–Crippen LogP) is 8.42. The maximum Gasteiger partial charge on any atom is 0.330 e. The number of quaternary nitrogens is 1. The molecular weight excluding hydrogens is 509 g/mol. The third kappa shape index (κ3) is 24.9. The number of hydrogen-bond acceptors (Lipinski definition) is 5. The molecule has 6 nitrogen and oxygen atoms in total. The first-order valence-electron chi connectivity index (χ1n) is 15.7. The lowest BCUT2D eigenvalue weighted by Crippen LogP contribution is -2.37. The first-order valence-corrected chi connectivity index (χ1v) is 16.8. The molecule has 0 fully saturated rings. The Morgan fingerprint density at radius 3 is 1.82 bits per heavy atom. The van der Waals surface area contributed by atoms with Gasteiger partial charge in [-0.2, -0.15) is 0 Å². The molecule has 0 aliphatic rings. The van der Waals surface area contributed by atoms with Gasteiger partial charge in [-0.1, -0.05) is 121 Å². The highest BCUT2D eigenvalue weighted by Crippen LogP contribution is 2.32. The molecule has 0 aromatic heterocycles. The zero-order valence-corrected chi connectivity index (χ0v) is 26.7. The molecule has 0 aliphatic heterocycles. The van der Waals surface area contributed by atoms with E-state index >= 15 is 0 Å². The minimum Gasteiger partial charge on any atom is -0.379 e. The van der Waals surface area contributed by atoms with Crippen LogP contribution in [0.3, 0.4) is 0 Å². The van der Waals surface area contributed by atoms with E-state index in [-0.39, 0.29) is 6.10 Å². The fourth-order valence-electron chi connectivity index (χ4n) is 4.31.